The van der Waals surface area contributed by atoms with E-state index in [0.29, 0.717) is 6.54 Å². The molecule has 2 N–H and O–H groups in total. The van der Waals surface area contributed by atoms with Crippen LogP contribution in [0.2, 0.25) is 0 Å². The zero-order chi connectivity index (χ0) is 14.5. The highest BCUT2D eigenvalue weighted by atomic mass is 16.4. The van der Waals surface area contributed by atoms with Crippen LogP contribution in [0.25, 0.3) is 0 Å². The van der Waals surface area contributed by atoms with Crippen molar-refractivity contribution in [3.63, 3.8) is 0 Å². The summed E-state index contributed by atoms with van der Waals surface area (Å²) in [5, 5.41) is 15.7. The third kappa shape index (κ3) is 5.11. The van der Waals surface area contributed by atoms with E-state index in [1.54, 1.807) is 24.7 Å². The van der Waals surface area contributed by atoms with Gasteiger partial charge in [-0.05, 0) is 32.3 Å². The summed E-state index contributed by atoms with van der Waals surface area (Å²) in [6.07, 6.45) is 5.39. The quantitative estimate of drug-likeness (QED) is 0.721. The Hall–Kier alpha value is -1.85. The Morgan fingerprint density at radius 3 is 2.68 bits per heavy atom. The fourth-order valence-electron chi connectivity index (χ4n) is 1.66. The maximum Gasteiger partial charge on any atom is 0.309 e. The number of nitrogens with one attached hydrogen (secondary N) is 1. The number of hydrogen-bond acceptors (Lipinski definition) is 3. The van der Waals surface area contributed by atoms with Gasteiger partial charge >= 0.3 is 5.97 Å². The van der Waals surface area contributed by atoms with Crippen molar-refractivity contribution in [3.8, 4) is 0 Å². The molecule has 0 radical (unpaired) electrons. The van der Waals surface area contributed by atoms with Crippen molar-refractivity contribution in [2.75, 3.05) is 6.54 Å². The summed E-state index contributed by atoms with van der Waals surface area (Å²) in [5.41, 5.74) is 0.107. The summed E-state index contributed by atoms with van der Waals surface area (Å²) in [6, 6.07) is 0. The molecule has 1 amide bonds. The lowest BCUT2D eigenvalue weighted by atomic mass is 9.89. The molecule has 0 fully saturated rings. The number of aromatic nitrogens is 2. The maximum absolute atomic E-state index is 11.6. The molecule has 0 saturated heterocycles. The van der Waals surface area contributed by atoms with Gasteiger partial charge in [0.25, 0.3) is 0 Å². The number of nitrogens with zero attached hydrogens (tertiary/aromatic N) is 2. The van der Waals surface area contributed by atoms with Gasteiger partial charge in [-0.15, -0.1) is 0 Å². The number of carboxylic acid groups (broad SMARTS) is 1. The lowest BCUT2D eigenvalue weighted by Crippen LogP contribution is -2.33. The largest absolute Gasteiger partial charge is 0.481 e. The number of aliphatic carboxylic acids is 1. The van der Waals surface area contributed by atoms with Gasteiger partial charge in [0.05, 0.1) is 11.6 Å². The van der Waals surface area contributed by atoms with Gasteiger partial charge in [-0.3, -0.25) is 14.3 Å². The molecule has 106 valence electrons. The minimum Gasteiger partial charge on any atom is -0.481 e. The predicted octanol–water partition coefficient (Wildman–Crippen LogP) is 0.970. The molecule has 0 spiro atoms. The van der Waals surface area contributed by atoms with Crippen molar-refractivity contribution in [2.24, 2.45) is 12.5 Å². The zero-order valence-electron chi connectivity index (χ0n) is 11.6. The molecule has 0 atom stereocenters. The van der Waals surface area contributed by atoms with E-state index in [0.717, 1.165) is 18.4 Å². The molecule has 1 aromatic rings. The van der Waals surface area contributed by atoms with E-state index in [2.05, 4.69) is 10.4 Å². The molecule has 1 heterocycles. The topological polar surface area (TPSA) is 84.2 Å². The van der Waals surface area contributed by atoms with Crippen LogP contribution in [0.3, 0.4) is 0 Å². The maximum atomic E-state index is 11.6. The van der Waals surface area contributed by atoms with E-state index in [-0.39, 0.29) is 12.3 Å². The first kappa shape index (κ1) is 15.2. The second kappa shape index (κ2) is 6.36. The molecule has 19 heavy (non-hydrogen) atoms. The number of carboxylic acids is 1. The molecule has 0 unspecified atom stereocenters. The third-order valence-electron chi connectivity index (χ3n) is 2.90. The summed E-state index contributed by atoms with van der Waals surface area (Å²) in [4.78, 5) is 22.5. The van der Waals surface area contributed by atoms with Crippen molar-refractivity contribution in [3.05, 3.63) is 18.0 Å². The average Bonchev–Trinajstić information content (AvgIpc) is 2.70. The Morgan fingerprint density at radius 2 is 2.16 bits per heavy atom. The highest BCUT2D eigenvalue weighted by Gasteiger charge is 2.29. The van der Waals surface area contributed by atoms with Crippen LogP contribution in [-0.4, -0.2) is 33.3 Å². The predicted molar refractivity (Wildman–Crippen MR) is 70.6 cm³/mol. The highest BCUT2D eigenvalue weighted by molar-refractivity contribution is 5.84. The van der Waals surface area contributed by atoms with Crippen LogP contribution in [0.15, 0.2) is 12.4 Å². The van der Waals surface area contributed by atoms with Crippen LogP contribution >= 0.6 is 0 Å². The Balaban J connectivity index is 2.22. The standard InChI is InChI=1S/C13H21N3O3/c1-13(2,12(18)19)7-11(17)14-6-4-5-10-8-15-16(3)9-10/h8-9H,4-7H2,1-3H3,(H,14,17)(H,18,19). The Morgan fingerprint density at radius 1 is 1.47 bits per heavy atom. The summed E-state index contributed by atoms with van der Waals surface area (Å²) in [5.74, 6) is -1.18. The molecule has 0 aliphatic rings. The van der Waals surface area contributed by atoms with Crippen LogP contribution in [0.4, 0.5) is 0 Å². The van der Waals surface area contributed by atoms with E-state index in [9.17, 15) is 9.59 Å². The first-order valence-electron chi connectivity index (χ1n) is 6.29. The number of aryl methyl sites for hydroxylation is 2. The van der Waals surface area contributed by atoms with Gasteiger partial charge in [0.15, 0.2) is 0 Å². The molecular weight excluding hydrogens is 246 g/mol. The van der Waals surface area contributed by atoms with Crippen LogP contribution in [0, 0.1) is 5.41 Å². The van der Waals surface area contributed by atoms with Crippen molar-refractivity contribution >= 4 is 11.9 Å². The SMILES string of the molecule is Cn1cc(CCCNC(=O)CC(C)(C)C(=O)O)cn1. The second-order valence-corrected chi connectivity index (χ2v) is 5.34. The Kier molecular flexibility index (Phi) is 5.09. The summed E-state index contributed by atoms with van der Waals surface area (Å²) >= 11 is 0. The first-order chi connectivity index (χ1) is 8.81. The number of amides is 1. The molecule has 1 rings (SSSR count). The lowest BCUT2D eigenvalue weighted by Gasteiger charge is -2.18. The molecule has 0 bridgehead atoms. The molecule has 6 heteroatoms. The smallest absolute Gasteiger partial charge is 0.309 e. The number of hydrogen-bond donors (Lipinski definition) is 2. The summed E-state index contributed by atoms with van der Waals surface area (Å²) < 4.78 is 1.74. The van der Waals surface area contributed by atoms with E-state index < -0.39 is 11.4 Å². The summed E-state index contributed by atoms with van der Waals surface area (Å²) in [6.45, 7) is 3.64. The first-order valence-corrected chi connectivity index (χ1v) is 6.29. The molecule has 1 aromatic heterocycles. The monoisotopic (exact) mass is 267 g/mol. The second-order valence-electron chi connectivity index (χ2n) is 5.34. The molecule has 0 aliphatic carbocycles. The Labute approximate surface area is 112 Å². The van der Waals surface area contributed by atoms with Crippen LogP contribution in [-0.2, 0) is 23.1 Å². The molecule has 0 saturated carbocycles. The summed E-state index contributed by atoms with van der Waals surface area (Å²) in [7, 11) is 1.86. The van der Waals surface area contributed by atoms with Gasteiger partial charge in [0.1, 0.15) is 0 Å². The van der Waals surface area contributed by atoms with Gasteiger partial charge in [-0.1, -0.05) is 0 Å². The van der Waals surface area contributed by atoms with Crippen LogP contribution < -0.4 is 5.32 Å². The van der Waals surface area contributed by atoms with E-state index in [1.807, 2.05) is 13.2 Å². The van der Waals surface area contributed by atoms with Crippen molar-refractivity contribution in [1.29, 1.82) is 0 Å². The van der Waals surface area contributed by atoms with Crippen molar-refractivity contribution in [1.82, 2.24) is 15.1 Å². The Bertz CT molecular complexity index is 452. The fraction of sp³-hybridized carbons (Fsp3) is 0.615. The van der Waals surface area contributed by atoms with Crippen molar-refractivity contribution in [2.45, 2.75) is 33.1 Å². The average molecular weight is 267 g/mol. The van der Waals surface area contributed by atoms with Gasteiger partial charge in [-0.25, -0.2) is 0 Å². The molecule has 0 aliphatic heterocycles. The fourth-order valence-corrected chi connectivity index (χ4v) is 1.66. The van der Waals surface area contributed by atoms with E-state index in [4.69, 9.17) is 5.11 Å². The van der Waals surface area contributed by atoms with Crippen LogP contribution in [0.1, 0.15) is 32.3 Å². The normalized spacial score (nSPS) is 11.3. The van der Waals surface area contributed by atoms with Crippen LogP contribution in [0.5, 0.6) is 0 Å². The number of carbonyl (C=O) groups excluding carboxylic acids is 1. The zero-order valence-corrected chi connectivity index (χ0v) is 11.6. The highest BCUT2D eigenvalue weighted by Crippen LogP contribution is 2.19. The lowest BCUT2D eigenvalue weighted by molar-refractivity contribution is -0.149. The van der Waals surface area contributed by atoms with Gasteiger partial charge in [-0.2, -0.15) is 5.10 Å². The molecule has 6 nitrogen and oxygen atoms in total. The minimum absolute atomic E-state index is 0.00474. The van der Waals surface area contributed by atoms with Gasteiger partial charge in [0, 0.05) is 26.2 Å². The minimum atomic E-state index is -1.02. The van der Waals surface area contributed by atoms with Gasteiger partial charge in [0.2, 0.25) is 5.91 Å². The van der Waals surface area contributed by atoms with E-state index >= 15 is 0 Å². The molecular formula is C13H21N3O3. The molecule has 0 aromatic carbocycles. The number of carbonyl (C=O) groups is 2. The van der Waals surface area contributed by atoms with Gasteiger partial charge < -0.3 is 10.4 Å². The van der Waals surface area contributed by atoms with Crippen molar-refractivity contribution < 1.29 is 14.7 Å². The number of rotatable bonds is 7. The third-order valence-corrected chi connectivity index (χ3v) is 2.90. The van der Waals surface area contributed by atoms with E-state index in [1.165, 1.54) is 0 Å².